The molecule has 2 aromatic carbocycles. The zero-order valence-corrected chi connectivity index (χ0v) is 13.5. The Morgan fingerprint density at radius 3 is 2.41 bits per heavy atom. The Kier molecular flexibility index (Phi) is 3.99. The quantitative estimate of drug-likeness (QED) is 0.791. The lowest BCUT2D eigenvalue weighted by Crippen LogP contribution is -2.14. The number of rotatable bonds is 4. The van der Waals surface area contributed by atoms with Crippen molar-refractivity contribution < 1.29 is 0 Å². The van der Waals surface area contributed by atoms with Gasteiger partial charge in [0.15, 0.2) is 0 Å². The van der Waals surface area contributed by atoms with Crippen molar-refractivity contribution in [1.29, 1.82) is 0 Å². The van der Waals surface area contributed by atoms with Crippen LogP contribution in [0.5, 0.6) is 0 Å². The van der Waals surface area contributed by atoms with Gasteiger partial charge in [0.1, 0.15) is 5.82 Å². The van der Waals surface area contributed by atoms with Crippen molar-refractivity contribution in [2.45, 2.75) is 39.8 Å². The molecule has 22 heavy (non-hydrogen) atoms. The van der Waals surface area contributed by atoms with Crippen molar-refractivity contribution in [1.82, 2.24) is 9.55 Å². The number of nitrogens with zero attached hydrogens (tertiary/aromatic N) is 2. The van der Waals surface area contributed by atoms with Crippen LogP contribution in [0, 0.1) is 6.92 Å². The van der Waals surface area contributed by atoms with Crippen molar-refractivity contribution in [3.8, 4) is 0 Å². The Labute approximate surface area is 131 Å². The monoisotopic (exact) mass is 293 g/mol. The van der Waals surface area contributed by atoms with E-state index in [-0.39, 0.29) is 6.04 Å². The summed E-state index contributed by atoms with van der Waals surface area (Å²) < 4.78 is 2.24. The second kappa shape index (κ2) is 5.93. The second-order valence-corrected chi connectivity index (χ2v) is 6.01. The number of fused-ring (bicyclic) bond motifs is 1. The summed E-state index contributed by atoms with van der Waals surface area (Å²) in [4.78, 5) is 4.77. The lowest BCUT2D eigenvalue weighted by Gasteiger charge is -2.12. The van der Waals surface area contributed by atoms with Gasteiger partial charge in [-0.15, -0.1) is 0 Å². The molecule has 0 amide bonds. The molecule has 3 nitrogen and oxygen atoms in total. The summed E-state index contributed by atoms with van der Waals surface area (Å²) >= 11 is 0. The van der Waals surface area contributed by atoms with Crippen LogP contribution >= 0.6 is 0 Å². The Hall–Kier alpha value is -2.13. The van der Waals surface area contributed by atoms with Gasteiger partial charge in [0, 0.05) is 6.54 Å². The maximum atomic E-state index is 6.14. The molecule has 3 aromatic rings. The van der Waals surface area contributed by atoms with E-state index >= 15 is 0 Å². The highest BCUT2D eigenvalue weighted by atomic mass is 15.1. The molecule has 1 heterocycles. The van der Waals surface area contributed by atoms with Crippen LogP contribution in [0.4, 0.5) is 0 Å². The van der Waals surface area contributed by atoms with Crippen LogP contribution in [-0.2, 0) is 13.0 Å². The first-order valence-electron chi connectivity index (χ1n) is 7.88. The number of aryl methyl sites for hydroxylation is 2. The number of hydrogen-bond donors (Lipinski definition) is 1. The third-order valence-corrected chi connectivity index (χ3v) is 4.12. The molecule has 1 aromatic heterocycles. The summed E-state index contributed by atoms with van der Waals surface area (Å²) in [5.41, 5.74) is 12.2. The normalized spacial score (nSPS) is 12.7. The van der Waals surface area contributed by atoms with Gasteiger partial charge in [0.25, 0.3) is 0 Å². The molecule has 0 radical (unpaired) electrons. The molecule has 0 saturated heterocycles. The average Bonchev–Trinajstić information content (AvgIpc) is 2.87. The minimum absolute atomic E-state index is 0.0806. The molecule has 0 bridgehead atoms. The molecule has 0 fully saturated rings. The minimum atomic E-state index is -0.0806. The first kappa shape index (κ1) is 14.8. The molecule has 3 rings (SSSR count). The summed E-state index contributed by atoms with van der Waals surface area (Å²) in [6.07, 6.45) is 1.02. The van der Waals surface area contributed by atoms with E-state index in [0.29, 0.717) is 0 Å². The Bertz CT molecular complexity index is 782. The van der Waals surface area contributed by atoms with E-state index in [4.69, 9.17) is 10.7 Å². The number of hydrogen-bond acceptors (Lipinski definition) is 2. The average molecular weight is 293 g/mol. The summed E-state index contributed by atoms with van der Waals surface area (Å²) in [6.45, 7) is 7.07. The predicted octanol–water partition coefficient (Wildman–Crippen LogP) is 3.98. The van der Waals surface area contributed by atoms with Crippen LogP contribution in [0.15, 0.2) is 42.5 Å². The zero-order valence-electron chi connectivity index (χ0n) is 13.5. The zero-order chi connectivity index (χ0) is 15.7. The van der Waals surface area contributed by atoms with Gasteiger partial charge in [-0.25, -0.2) is 4.98 Å². The maximum absolute atomic E-state index is 6.14. The van der Waals surface area contributed by atoms with Gasteiger partial charge in [-0.3, -0.25) is 0 Å². The van der Waals surface area contributed by atoms with Gasteiger partial charge in [-0.2, -0.15) is 0 Å². The third kappa shape index (κ3) is 2.77. The van der Waals surface area contributed by atoms with Gasteiger partial charge in [-0.1, -0.05) is 42.8 Å². The van der Waals surface area contributed by atoms with Crippen LogP contribution in [0.3, 0.4) is 0 Å². The molecular formula is C19H23N3. The first-order chi connectivity index (χ1) is 10.6. The summed E-state index contributed by atoms with van der Waals surface area (Å²) in [5, 5.41) is 0. The van der Waals surface area contributed by atoms with E-state index in [1.807, 2.05) is 6.92 Å². The molecule has 1 unspecified atom stereocenters. The van der Waals surface area contributed by atoms with E-state index in [0.717, 1.165) is 29.8 Å². The van der Waals surface area contributed by atoms with Crippen molar-refractivity contribution in [3.05, 3.63) is 65.0 Å². The Morgan fingerprint density at radius 2 is 1.77 bits per heavy atom. The van der Waals surface area contributed by atoms with Crippen LogP contribution in [0.25, 0.3) is 11.0 Å². The van der Waals surface area contributed by atoms with E-state index < -0.39 is 0 Å². The van der Waals surface area contributed by atoms with Gasteiger partial charge < -0.3 is 10.3 Å². The first-order valence-corrected chi connectivity index (χ1v) is 7.88. The summed E-state index contributed by atoms with van der Waals surface area (Å²) in [6, 6.07) is 15.1. The molecule has 0 saturated carbocycles. The second-order valence-electron chi connectivity index (χ2n) is 6.01. The topological polar surface area (TPSA) is 43.8 Å². The maximum Gasteiger partial charge on any atom is 0.126 e. The fourth-order valence-electron chi connectivity index (χ4n) is 2.80. The highest BCUT2D eigenvalue weighted by Gasteiger charge is 2.14. The highest BCUT2D eigenvalue weighted by molar-refractivity contribution is 5.77. The number of nitrogens with two attached hydrogens (primary N) is 1. The Morgan fingerprint density at radius 1 is 1.09 bits per heavy atom. The van der Waals surface area contributed by atoms with Crippen LogP contribution in [0.1, 0.15) is 42.4 Å². The van der Waals surface area contributed by atoms with Crippen molar-refractivity contribution in [2.75, 3.05) is 0 Å². The number of imidazole rings is 1. The smallest absolute Gasteiger partial charge is 0.126 e. The highest BCUT2D eigenvalue weighted by Crippen LogP contribution is 2.23. The number of aromatic nitrogens is 2. The van der Waals surface area contributed by atoms with E-state index in [1.165, 1.54) is 16.7 Å². The molecule has 1 atom stereocenters. The lowest BCUT2D eigenvalue weighted by molar-refractivity contribution is 0.664. The molecule has 2 N–H and O–H groups in total. The van der Waals surface area contributed by atoms with E-state index in [2.05, 4.69) is 60.9 Å². The van der Waals surface area contributed by atoms with E-state index in [1.54, 1.807) is 0 Å². The molecule has 0 aliphatic rings. The molecule has 114 valence electrons. The van der Waals surface area contributed by atoms with Gasteiger partial charge in [0.2, 0.25) is 0 Å². The lowest BCUT2D eigenvalue weighted by atomic mass is 10.1. The summed E-state index contributed by atoms with van der Waals surface area (Å²) in [7, 11) is 0. The molecule has 0 spiro atoms. The van der Waals surface area contributed by atoms with E-state index in [9.17, 15) is 0 Å². The fourth-order valence-corrected chi connectivity index (χ4v) is 2.80. The SMILES string of the molecule is CCc1ccc2c(c1)nc(C(C)N)n2Cc1ccc(C)cc1. The Balaban J connectivity index is 2.09. The predicted molar refractivity (Wildman–Crippen MR) is 92.0 cm³/mol. The fraction of sp³-hybridized carbons (Fsp3) is 0.316. The van der Waals surface area contributed by atoms with Crippen LogP contribution in [-0.4, -0.2) is 9.55 Å². The van der Waals surface area contributed by atoms with Crippen molar-refractivity contribution in [3.63, 3.8) is 0 Å². The van der Waals surface area contributed by atoms with Crippen molar-refractivity contribution >= 4 is 11.0 Å². The molecule has 3 heteroatoms. The molecular weight excluding hydrogens is 270 g/mol. The standard InChI is InChI=1S/C19H23N3/c1-4-15-9-10-18-17(11-15)21-19(14(3)20)22(18)12-16-7-5-13(2)6-8-16/h5-11,14H,4,12,20H2,1-3H3. The van der Waals surface area contributed by atoms with Gasteiger partial charge >= 0.3 is 0 Å². The van der Waals surface area contributed by atoms with Gasteiger partial charge in [0.05, 0.1) is 17.1 Å². The van der Waals surface area contributed by atoms with Crippen molar-refractivity contribution in [2.24, 2.45) is 5.73 Å². The molecule has 0 aliphatic carbocycles. The molecule has 0 aliphatic heterocycles. The third-order valence-electron chi connectivity index (χ3n) is 4.12. The minimum Gasteiger partial charge on any atom is -0.322 e. The largest absolute Gasteiger partial charge is 0.322 e. The van der Waals surface area contributed by atoms with Crippen LogP contribution in [0.2, 0.25) is 0 Å². The van der Waals surface area contributed by atoms with Crippen LogP contribution < -0.4 is 5.73 Å². The number of benzene rings is 2. The summed E-state index contributed by atoms with van der Waals surface area (Å²) in [5.74, 6) is 0.948. The van der Waals surface area contributed by atoms with Gasteiger partial charge in [-0.05, 0) is 43.5 Å².